The summed E-state index contributed by atoms with van der Waals surface area (Å²) >= 11 is 0. The van der Waals surface area contributed by atoms with Crippen molar-refractivity contribution in [2.24, 2.45) is 0 Å². The second kappa shape index (κ2) is 8.09. The van der Waals surface area contributed by atoms with Crippen LogP contribution in [0.4, 0.5) is 0 Å². The van der Waals surface area contributed by atoms with Gasteiger partial charge in [0.1, 0.15) is 5.75 Å². The van der Waals surface area contributed by atoms with Gasteiger partial charge in [-0.2, -0.15) is 0 Å². The van der Waals surface area contributed by atoms with E-state index in [1.54, 1.807) is 0 Å². The van der Waals surface area contributed by atoms with Gasteiger partial charge in [0.25, 0.3) is 0 Å². The number of benzene rings is 1. The molecule has 3 heteroatoms. The summed E-state index contributed by atoms with van der Waals surface area (Å²) in [5, 5.41) is 6.55. The predicted octanol–water partition coefficient (Wildman–Crippen LogP) is 2.17. The van der Waals surface area contributed by atoms with E-state index in [0.29, 0.717) is 0 Å². The number of rotatable bonds is 8. The van der Waals surface area contributed by atoms with Gasteiger partial charge in [0.2, 0.25) is 0 Å². The molecule has 0 aliphatic carbocycles. The average Bonchev–Trinajstić information content (AvgIpc) is 2.30. The van der Waals surface area contributed by atoms with Gasteiger partial charge in [-0.1, -0.05) is 12.1 Å². The van der Waals surface area contributed by atoms with E-state index in [0.717, 1.165) is 31.8 Å². The van der Waals surface area contributed by atoms with Crippen LogP contribution in [0.1, 0.15) is 25.8 Å². The van der Waals surface area contributed by atoms with E-state index in [-0.39, 0.29) is 6.10 Å². The fourth-order valence-electron chi connectivity index (χ4n) is 1.58. The Kier molecular flexibility index (Phi) is 6.67. The second-order valence-electron chi connectivity index (χ2n) is 4.44. The lowest BCUT2D eigenvalue weighted by Gasteiger charge is -2.10. The molecule has 17 heavy (non-hydrogen) atoms. The molecule has 0 amide bonds. The third kappa shape index (κ3) is 6.29. The minimum absolute atomic E-state index is 0.237. The maximum atomic E-state index is 5.60. The largest absolute Gasteiger partial charge is 0.491 e. The van der Waals surface area contributed by atoms with Crippen molar-refractivity contribution in [3.8, 4) is 5.75 Å². The Bertz CT molecular complexity index is 296. The van der Waals surface area contributed by atoms with Crippen LogP contribution in [0.2, 0.25) is 0 Å². The van der Waals surface area contributed by atoms with Gasteiger partial charge in [0.05, 0.1) is 6.10 Å². The van der Waals surface area contributed by atoms with Crippen LogP contribution in [0.5, 0.6) is 5.75 Å². The van der Waals surface area contributed by atoms with Crippen LogP contribution in [0.3, 0.4) is 0 Å². The molecule has 0 unspecified atom stereocenters. The summed E-state index contributed by atoms with van der Waals surface area (Å²) in [5.74, 6) is 0.943. The minimum atomic E-state index is 0.237. The maximum Gasteiger partial charge on any atom is 0.119 e. The van der Waals surface area contributed by atoms with Crippen LogP contribution in [-0.4, -0.2) is 26.2 Å². The zero-order valence-electron chi connectivity index (χ0n) is 11.1. The highest BCUT2D eigenvalue weighted by Crippen LogP contribution is 2.13. The summed E-state index contributed by atoms with van der Waals surface area (Å²) in [7, 11) is 1.98. The van der Waals surface area contributed by atoms with Crippen molar-refractivity contribution in [3.05, 3.63) is 29.8 Å². The molecular weight excluding hydrogens is 212 g/mol. The van der Waals surface area contributed by atoms with Crippen molar-refractivity contribution in [1.82, 2.24) is 10.6 Å². The Balaban J connectivity index is 2.25. The second-order valence-corrected chi connectivity index (χ2v) is 4.44. The van der Waals surface area contributed by atoms with Gasteiger partial charge in [0, 0.05) is 6.54 Å². The van der Waals surface area contributed by atoms with Crippen LogP contribution in [0.25, 0.3) is 0 Å². The molecule has 0 aliphatic heterocycles. The third-order valence-corrected chi connectivity index (χ3v) is 2.40. The van der Waals surface area contributed by atoms with Crippen molar-refractivity contribution in [3.63, 3.8) is 0 Å². The lowest BCUT2D eigenvalue weighted by atomic mass is 10.2. The van der Waals surface area contributed by atoms with Gasteiger partial charge in [-0.05, 0) is 58.1 Å². The molecule has 0 heterocycles. The Morgan fingerprint density at radius 3 is 2.41 bits per heavy atom. The summed E-state index contributed by atoms with van der Waals surface area (Å²) in [6.45, 7) is 7.11. The number of hydrogen-bond acceptors (Lipinski definition) is 3. The Labute approximate surface area is 105 Å². The van der Waals surface area contributed by atoms with Crippen molar-refractivity contribution in [2.75, 3.05) is 20.1 Å². The fourth-order valence-corrected chi connectivity index (χ4v) is 1.58. The fraction of sp³-hybridized carbons (Fsp3) is 0.571. The summed E-state index contributed by atoms with van der Waals surface area (Å²) in [4.78, 5) is 0. The van der Waals surface area contributed by atoms with E-state index in [9.17, 15) is 0 Å². The quantitative estimate of drug-likeness (QED) is 0.679. The summed E-state index contributed by atoms with van der Waals surface area (Å²) < 4.78 is 5.60. The smallest absolute Gasteiger partial charge is 0.119 e. The van der Waals surface area contributed by atoms with Gasteiger partial charge in [-0.3, -0.25) is 0 Å². The van der Waals surface area contributed by atoms with E-state index in [4.69, 9.17) is 4.74 Å². The van der Waals surface area contributed by atoms with E-state index in [1.807, 2.05) is 33.0 Å². The number of ether oxygens (including phenoxy) is 1. The van der Waals surface area contributed by atoms with Gasteiger partial charge in [-0.25, -0.2) is 0 Å². The first-order valence-electron chi connectivity index (χ1n) is 6.33. The monoisotopic (exact) mass is 236 g/mol. The number of nitrogens with one attached hydrogen (secondary N) is 2. The first-order chi connectivity index (χ1) is 8.22. The molecule has 0 saturated heterocycles. The molecule has 0 spiro atoms. The maximum absolute atomic E-state index is 5.60. The molecule has 0 atom stereocenters. The molecule has 0 radical (unpaired) electrons. The SMILES string of the molecule is CNCCCNCc1ccc(OC(C)C)cc1. The topological polar surface area (TPSA) is 33.3 Å². The Hall–Kier alpha value is -1.06. The standard InChI is InChI=1S/C14H24N2O/c1-12(2)17-14-7-5-13(6-8-14)11-16-10-4-9-15-3/h5-8,12,15-16H,4,9-11H2,1-3H3. The Morgan fingerprint density at radius 2 is 1.82 bits per heavy atom. The molecule has 1 aromatic carbocycles. The molecule has 96 valence electrons. The highest BCUT2D eigenvalue weighted by atomic mass is 16.5. The number of hydrogen-bond donors (Lipinski definition) is 2. The lowest BCUT2D eigenvalue weighted by Crippen LogP contribution is -2.19. The molecule has 0 fully saturated rings. The first kappa shape index (κ1) is 14.0. The normalized spacial score (nSPS) is 10.8. The average molecular weight is 236 g/mol. The van der Waals surface area contributed by atoms with E-state index < -0.39 is 0 Å². The third-order valence-electron chi connectivity index (χ3n) is 2.40. The predicted molar refractivity (Wildman–Crippen MR) is 72.5 cm³/mol. The highest BCUT2D eigenvalue weighted by molar-refractivity contribution is 5.27. The summed E-state index contributed by atoms with van der Waals surface area (Å²) in [5.41, 5.74) is 1.30. The molecular formula is C14H24N2O. The molecule has 3 nitrogen and oxygen atoms in total. The molecule has 1 aromatic rings. The minimum Gasteiger partial charge on any atom is -0.491 e. The summed E-state index contributed by atoms with van der Waals surface area (Å²) in [6.07, 6.45) is 1.39. The van der Waals surface area contributed by atoms with Crippen LogP contribution in [0, 0.1) is 0 Å². The summed E-state index contributed by atoms with van der Waals surface area (Å²) in [6, 6.07) is 8.29. The van der Waals surface area contributed by atoms with Gasteiger partial charge < -0.3 is 15.4 Å². The van der Waals surface area contributed by atoms with Crippen molar-refractivity contribution in [2.45, 2.75) is 32.9 Å². The van der Waals surface area contributed by atoms with Gasteiger partial charge in [0.15, 0.2) is 0 Å². The molecule has 0 aromatic heterocycles. The van der Waals surface area contributed by atoms with Gasteiger partial charge in [-0.15, -0.1) is 0 Å². The van der Waals surface area contributed by atoms with Crippen LogP contribution < -0.4 is 15.4 Å². The molecule has 0 aliphatic rings. The highest BCUT2D eigenvalue weighted by Gasteiger charge is 1.97. The lowest BCUT2D eigenvalue weighted by molar-refractivity contribution is 0.242. The zero-order valence-corrected chi connectivity index (χ0v) is 11.1. The van der Waals surface area contributed by atoms with Crippen molar-refractivity contribution in [1.29, 1.82) is 0 Å². The van der Waals surface area contributed by atoms with Crippen molar-refractivity contribution >= 4 is 0 Å². The van der Waals surface area contributed by atoms with Gasteiger partial charge >= 0.3 is 0 Å². The molecule has 0 saturated carbocycles. The van der Waals surface area contributed by atoms with Crippen LogP contribution in [-0.2, 0) is 6.54 Å². The van der Waals surface area contributed by atoms with E-state index in [1.165, 1.54) is 5.56 Å². The van der Waals surface area contributed by atoms with Crippen LogP contribution >= 0.6 is 0 Å². The van der Waals surface area contributed by atoms with Crippen LogP contribution in [0.15, 0.2) is 24.3 Å². The van der Waals surface area contributed by atoms with Crippen molar-refractivity contribution < 1.29 is 4.74 Å². The first-order valence-corrected chi connectivity index (χ1v) is 6.33. The van der Waals surface area contributed by atoms with E-state index >= 15 is 0 Å². The Morgan fingerprint density at radius 1 is 1.12 bits per heavy atom. The molecule has 2 N–H and O–H groups in total. The molecule has 1 rings (SSSR count). The molecule has 0 bridgehead atoms. The van der Waals surface area contributed by atoms with E-state index in [2.05, 4.69) is 22.8 Å². The zero-order chi connectivity index (χ0) is 12.5.